The predicted molar refractivity (Wildman–Crippen MR) is 77.6 cm³/mol. The molecule has 108 valence electrons. The lowest BCUT2D eigenvalue weighted by Gasteiger charge is -2.33. The molecule has 0 aliphatic carbocycles. The van der Waals surface area contributed by atoms with Crippen molar-refractivity contribution in [3.05, 3.63) is 35.4 Å². The second-order valence-electron chi connectivity index (χ2n) is 6.92. The van der Waals surface area contributed by atoms with Crippen molar-refractivity contribution in [2.24, 2.45) is 5.41 Å². The van der Waals surface area contributed by atoms with Crippen molar-refractivity contribution < 1.29 is 13.2 Å². The Kier molecular flexibility index (Phi) is 4.90. The maximum atomic E-state index is 13.7. The lowest BCUT2D eigenvalue weighted by molar-refractivity contribution is 0.203. The van der Waals surface area contributed by atoms with Crippen LogP contribution in [0.3, 0.4) is 0 Å². The molecule has 0 radical (unpaired) electrons. The summed E-state index contributed by atoms with van der Waals surface area (Å²) in [6.45, 7) is 12.6. The Labute approximate surface area is 116 Å². The van der Waals surface area contributed by atoms with Crippen molar-refractivity contribution in [3.63, 3.8) is 0 Å². The van der Waals surface area contributed by atoms with Crippen molar-refractivity contribution in [1.82, 2.24) is 0 Å². The fourth-order valence-corrected chi connectivity index (χ4v) is 6.41. The fourth-order valence-electron chi connectivity index (χ4n) is 2.69. The third kappa shape index (κ3) is 5.41. The largest absolute Gasteiger partial charge is 0.411 e. The highest BCUT2D eigenvalue weighted by atomic mass is 28.4. The van der Waals surface area contributed by atoms with E-state index in [4.69, 9.17) is 4.43 Å². The number of rotatable bonds is 4. The van der Waals surface area contributed by atoms with E-state index in [2.05, 4.69) is 33.9 Å². The summed E-state index contributed by atoms with van der Waals surface area (Å²) in [6, 6.07) is 4.65. The highest BCUT2D eigenvalue weighted by molar-refractivity contribution is 6.71. The predicted octanol–water partition coefficient (Wildman–Crippen LogP) is 5.29. The van der Waals surface area contributed by atoms with Crippen LogP contribution in [-0.4, -0.2) is 8.32 Å². The molecule has 0 saturated heterocycles. The SMILES string of the molecule is CC(O[Si](C)(C)CC(C)(C)C)c1ccc(F)cc1F. The van der Waals surface area contributed by atoms with Crippen LogP contribution in [0, 0.1) is 17.0 Å². The molecular weight excluding hydrogens is 262 g/mol. The van der Waals surface area contributed by atoms with Gasteiger partial charge in [-0.15, -0.1) is 0 Å². The standard InChI is InChI=1S/C15H24F2OSi/c1-11(13-8-7-12(16)9-14(13)17)18-19(5,6)10-15(2,3)4/h7-9,11H,10H2,1-6H3. The van der Waals surface area contributed by atoms with Gasteiger partial charge in [-0.25, -0.2) is 8.78 Å². The summed E-state index contributed by atoms with van der Waals surface area (Å²) in [5, 5.41) is 0. The topological polar surface area (TPSA) is 9.23 Å². The second-order valence-corrected chi connectivity index (χ2v) is 11.0. The van der Waals surface area contributed by atoms with Gasteiger partial charge in [-0.3, -0.25) is 0 Å². The van der Waals surface area contributed by atoms with E-state index in [1.54, 1.807) is 0 Å². The molecule has 1 rings (SSSR count). The molecule has 0 heterocycles. The maximum absolute atomic E-state index is 13.7. The number of hydrogen-bond acceptors (Lipinski definition) is 1. The Hall–Kier alpha value is -0.743. The van der Waals surface area contributed by atoms with Gasteiger partial charge in [0.15, 0.2) is 8.32 Å². The molecular formula is C15H24F2OSi. The quantitative estimate of drug-likeness (QED) is 0.683. The molecule has 0 aliphatic rings. The van der Waals surface area contributed by atoms with Crippen LogP contribution in [0.5, 0.6) is 0 Å². The Morgan fingerprint density at radius 2 is 1.79 bits per heavy atom. The van der Waals surface area contributed by atoms with Crippen LogP contribution < -0.4 is 0 Å². The Morgan fingerprint density at radius 1 is 1.21 bits per heavy atom. The van der Waals surface area contributed by atoms with Crippen molar-refractivity contribution in [2.75, 3.05) is 0 Å². The smallest absolute Gasteiger partial charge is 0.188 e. The summed E-state index contributed by atoms with van der Waals surface area (Å²) in [7, 11) is -1.88. The van der Waals surface area contributed by atoms with Crippen LogP contribution in [0.4, 0.5) is 8.78 Å². The van der Waals surface area contributed by atoms with Gasteiger partial charge in [0, 0.05) is 11.6 Å². The van der Waals surface area contributed by atoms with Crippen LogP contribution in [0.15, 0.2) is 18.2 Å². The van der Waals surface area contributed by atoms with E-state index in [0.29, 0.717) is 5.56 Å². The first kappa shape index (κ1) is 16.3. The Morgan fingerprint density at radius 3 is 2.26 bits per heavy atom. The number of benzene rings is 1. The first-order valence-corrected chi connectivity index (χ1v) is 9.74. The highest BCUT2D eigenvalue weighted by Crippen LogP contribution is 2.32. The van der Waals surface area contributed by atoms with Crippen LogP contribution >= 0.6 is 0 Å². The van der Waals surface area contributed by atoms with E-state index in [-0.39, 0.29) is 11.5 Å². The van der Waals surface area contributed by atoms with E-state index >= 15 is 0 Å². The summed E-state index contributed by atoms with van der Waals surface area (Å²) >= 11 is 0. The minimum Gasteiger partial charge on any atom is -0.411 e. The van der Waals surface area contributed by atoms with E-state index in [1.165, 1.54) is 12.1 Å². The molecule has 1 aromatic carbocycles. The summed E-state index contributed by atoms with van der Waals surface area (Å²) in [4.78, 5) is 0. The zero-order chi connectivity index (χ0) is 14.8. The van der Waals surface area contributed by atoms with Crippen LogP contribution in [0.2, 0.25) is 19.1 Å². The Balaban J connectivity index is 2.81. The minimum atomic E-state index is -1.88. The molecule has 1 atom stereocenters. The number of hydrogen-bond donors (Lipinski definition) is 0. The molecule has 0 spiro atoms. The molecule has 4 heteroatoms. The summed E-state index contributed by atoms with van der Waals surface area (Å²) in [5.41, 5.74) is 0.618. The Bertz CT molecular complexity index is 438. The molecule has 0 saturated carbocycles. The summed E-state index contributed by atoms with van der Waals surface area (Å²) in [6.07, 6.45) is -0.343. The van der Waals surface area contributed by atoms with Crippen molar-refractivity contribution in [3.8, 4) is 0 Å². The summed E-state index contributed by atoms with van der Waals surface area (Å²) < 4.78 is 32.7. The molecule has 1 unspecified atom stereocenters. The molecule has 0 amide bonds. The number of halogens is 2. The first-order chi connectivity index (χ1) is 8.50. The minimum absolute atomic E-state index is 0.191. The van der Waals surface area contributed by atoms with E-state index in [9.17, 15) is 8.78 Å². The normalized spacial score (nSPS) is 14.5. The van der Waals surface area contributed by atoms with Gasteiger partial charge < -0.3 is 4.43 Å². The van der Waals surface area contributed by atoms with E-state index in [1.807, 2.05) is 6.92 Å². The van der Waals surface area contributed by atoms with Crippen molar-refractivity contribution in [1.29, 1.82) is 0 Å². The maximum Gasteiger partial charge on any atom is 0.188 e. The van der Waals surface area contributed by atoms with Gasteiger partial charge in [-0.1, -0.05) is 26.8 Å². The summed E-state index contributed by atoms with van der Waals surface area (Å²) in [5.74, 6) is -1.09. The molecule has 0 bridgehead atoms. The van der Waals surface area contributed by atoms with Gasteiger partial charge in [0.2, 0.25) is 0 Å². The van der Waals surface area contributed by atoms with Crippen LogP contribution in [0.1, 0.15) is 39.4 Å². The van der Waals surface area contributed by atoms with Gasteiger partial charge in [-0.05, 0) is 37.5 Å². The monoisotopic (exact) mass is 286 g/mol. The second kappa shape index (κ2) is 5.71. The molecule has 19 heavy (non-hydrogen) atoms. The van der Waals surface area contributed by atoms with Gasteiger partial charge in [-0.2, -0.15) is 0 Å². The van der Waals surface area contributed by atoms with Crippen LogP contribution in [0.25, 0.3) is 0 Å². The first-order valence-electron chi connectivity index (χ1n) is 6.63. The molecule has 0 aromatic heterocycles. The molecule has 0 N–H and O–H groups in total. The van der Waals surface area contributed by atoms with E-state index < -0.39 is 20.0 Å². The third-order valence-electron chi connectivity index (χ3n) is 2.85. The van der Waals surface area contributed by atoms with Gasteiger partial charge in [0.25, 0.3) is 0 Å². The highest BCUT2D eigenvalue weighted by Gasteiger charge is 2.31. The molecule has 0 aliphatic heterocycles. The average molecular weight is 286 g/mol. The van der Waals surface area contributed by atoms with Crippen molar-refractivity contribution >= 4 is 8.32 Å². The van der Waals surface area contributed by atoms with Gasteiger partial charge in [0.1, 0.15) is 11.6 Å². The van der Waals surface area contributed by atoms with Crippen LogP contribution in [-0.2, 0) is 4.43 Å². The lowest BCUT2D eigenvalue weighted by Crippen LogP contribution is -2.36. The van der Waals surface area contributed by atoms with Crippen molar-refractivity contribution in [2.45, 2.75) is 52.9 Å². The zero-order valence-corrected chi connectivity index (χ0v) is 13.7. The third-order valence-corrected chi connectivity index (χ3v) is 5.76. The lowest BCUT2D eigenvalue weighted by atomic mass is 10.0. The van der Waals surface area contributed by atoms with E-state index in [0.717, 1.165) is 12.1 Å². The van der Waals surface area contributed by atoms with Gasteiger partial charge in [0.05, 0.1) is 6.10 Å². The molecule has 0 fully saturated rings. The fraction of sp³-hybridized carbons (Fsp3) is 0.600. The van der Waals surface area contributed by atoms with Gasteiger partial charge >= 0.3 is 0 Å². The molecule has 1 nitrogen and oxygen atoms in total. The molecule has 1 aromatic rings. The zero-order valence-electron chi connectivity index (χ0n) is 12.7. The average Bonchev–Trinajstić information content (AvgIpc) is 2.11.